The Morgan fingerprint density at radius 3 is 2.73 bits per heavy atom. The van der Waals surface area contributed by atoms with Crippen LogP contribution < -0.4 is 20.6 Å². The van der Waals surface area contributed by atoms with Crippen LogP contribution in [0, 0.1) is 0 Å². The molecule has 0 aliphatic rings. The molecule has 15 heteroatoms. The van der Waals surface area contributed by atoms with Crippen molar-refractivity contribution in [2.45, 2.75) is 27.0 Å². The van der Waals surface area contributed by atoms with Gasteiger partial charge in [0.05, 0.1) is 23.5 Å². The van der Waals surface area contributed by atoms with E-state index in [2.05, 4.69) is 52.0 Å². The van der Waals surface area contributed by atoms with Crippen LogP contribution in [0.5, 0.6) is 11.5 Å². The summed E-state index contributed by atoms with van der Waals surface area (Å²) in [5.74, 6) is 0.575. The number of rotatable bonds is 12. The van der Waals surface area contributed by atoms with E-state index in [9.17, 15) is 4.79 Å². The number of hydrazone groups is 1. The molecule has 0 aliphatic carbocycles. The Morgan fingerprint density at radius 1 is 1.27 bits per heavy atom. The Bertz CT molecular complexity index is 1500. The standard InChI is InChI=1S/C25H27BrClN9O4/c1-4-35(5-2)13-19-21(30-34-36(19)24-23(28)32-40-33-24)25(37)31-29-12-15-10-17(26)22(20(11-15)38-3)39-14-16-8-6-7-9-18(16)27/h6-12H,4-5,13-14H2,1-3H3,(H2,28,32)(H,31,37). The van der Waals surface area contributed by atoms with Crippen LogP contribution in [-0.2, 0) is 13.2 Å². The van der Waals surface area contributed by atoms with Crippen molar-refractivity contribution in [3.63, 3.8) is 0 Å². The summed E-state index contributed by atoms with van der Waals surface area (Å²) in [6.07, 6.45) is 1.47. The highest BCUT2D eigenvalue weighted by Crippen LogP contribution is 2.37. The van der Waals surface area contributed by atoms with Gasteiger partial charge in [0, 0.05) is 17.1 Å². The number of nitrogens with two attached hydrogens (primary N) is 1. The quantitative estimate of drug-likeness (QED) is 0.174. The van der Waals surface area contributed by atoms with Gasteiger partial charge in [0.2, 0.25) is 11.6 Å². The van der Waals surface area contributed by atoms with E-state index in [1.807, 2.05) is 32.0 Å². The topological polar surface area (TPSA) is 159 Å². The van der Waals surface area contributed by atoms with Crippen molar-refractivity contribution in [1.29, 1.82) is 0 Å². The SMILES string of the molecule is CCN(CC)Cc1c(C(=O)NN=Cc2cc(Br)c(OCc3ccccc3Cl)c(OC)c2)nnn1-c1nonc1N. The van der Waals surface area contributed by atoms with Gasteiger partial charge in [-0.2, -0.15) is 9.78 Å². The largest absolute Gasteiger partial charge is 0.493 e. The summed E-state index contributed by atoms with van der Waals surface area (Å²) in [5, 5.41) is 20.2. The fourth-order valence-electron chi connectivity index (χ4n) is 3.72. The number of nitrogen functional groups attached to an aromatic ring is 1. The summed E-state index contributed by atoms with van der Waals surface area (Å²) >= 11 is 9.76. The molecule has 0 saturated carbocycles. The molecule has 1 amide bonds. The Balaban J connectivity index is 1.51. The molecule has 0 unspecified atom stereocenters. The van der Waals surface area contributed by atoms with E-state index in [4.69, 9.17) is 31.4 Å². The maximum atomic E-state index is 13.1. The van der Waals surface area contributed by atoms with Gasteiger partial charge in [-0.1, -0.05) is 48.9 Å². The number of carbonyl (C=O) groups excluding carboxylic acids is 1. The lowest BCUT2D eigenvalue weighted by atomic mass is 10.2. The highest BCUT2D eigenvalue weighted by Gasteiger charge is 2.25. The number of aromatic nitrogens is 5. The van der Waals surface area contributed by atoms with E-state index >= 15 is 0 Å². The molecule has 0 bridgehead atoms. The second-order valence-electron chi connectivity index (χ2n) is 8.34. The monoisotopic (exact) mass is 631 g/mol. The first-order valence-corrected chi connectivity index (χ1v) is 13.4. The molecule has 2 aromatic heterocycles. The van der Waals surface area contributed by atoms with Crippen molar-refractivity contribution in [2.75, 3.05) is 25.9 Å². The summed E-state index contributed by atoms with van der Waals surface area (Å²) in [7, 11) is 1.53. The van der Waals surface area contributed by atoms with Crippen LogP contribution in [0.3, 0.4) is 0 Å². The third kappa shape index (κ3) is 6.58. The maximum absolute atomic E-state index is 13.1. The molecule has 4 aromatic rings. The zero-order chi connectivity index (χ0) is 28.6. The Morgan fingerprint density at radius 2 is 2.05 bits per heavy atom. The number of benzene rings is 2. The number of methoxy groups -OCH3 is 1. The lowest BCUT2D eigenvalue weighted by Crippen LogP contribution is -2.27. The number of carbonyl (C=O) groups is 1. The maximum Gasteiger partial charge on any atom is 0.293 e. The average molecular weight is 633 g/mol. The minimum Gasteiger partial charge on any atom is -0.493 e. The van der Waals surface area contributed by atoms with Gasteiger partial charge in [-0.25, -0.2) is 10.1 Å². The molecule has 4 rings (SSSR count). The van der Waals surface area contributed by atoms with Gasteiger partial charge in [0.15, 0.2) is 17.2 Å². The molecule has 0 radical (unpaired) electrons. The molecular weight excluding hydrogens is 606 g/mol. The fraction of sp³-hybridized carbons (Fsp3) is 0.280. The number of nitrogens with one attached hydrogen (secondary N) is 1. The highest BCUT2D eigenvalue weighted by molar-refractivity contribution is 9.10. The molecule has 3 N–H and O–H groups in total. The van der Waals surface area contributed by atoms with Crippen LogP contribution in [0.15, 0.2) is 50.6 Å². The smallest absolute Gasteiger partial charge is 0.293 e. The Kier molecular flexibility index (Phi) is 9.69. The molecule has 0 atom stereocenters. The molecule has 0 spiro atoms. The molecule has 0 fully saturated rings. The van der Waals surface area contributed by atoms with Crippen molar-refractivity contribution in [3.05, 3.63) is 68.4 Å². The predicted molar refractivity (Wildman–Crippen MR) is 152 cm³/mol. The van der Waals surface area contributed by atoms with Gasteiger partial charge in [-0.3, -0.25) is 9.69 Å². The molecule has 0 saturated heterocycles. The zero-order valence-electron chi connectivity index (χ0n) is 22.0. The number of nitrogens with zero attached hydrogens (tertiary/aromatic N) is 7. The van der Waals surface area contributed by atoms with E-state index in [0.29, 0.717) is 38.8 Å². The van der Waals surface area contributed by atoms with Crippen molar-refractivity contribution in [2.24, 2.45) is 5.10 Å². The first-order chi connectivity index (χ1) is 19.4. The van der Waals surface area contributed by atoms with Gasteiger partial charge in [-0.15, -0.1) is 5.10 Å². The number of hydrogen-bond donors (Lipinski definition) is 2. The first-order valence-electron chi connectivity index (χ1n) is 12.2. The number of hydrogen-bond acceptors (Lipinski definition) is 11. The van der Waals surface area contributed by atoms with Crippen LogP contribution >= 0.6 is 27.5 Å². The van der Waals surface area contributed by atoms with Crippen LogP contribution in [0.1, 0.15) is 41.2 Å². The molecular formula is C25H27BrClN9O4. The first kappa shape index (κ1) is 29.0. The normalized spacial score (nSPS) is 11.3. The van der Waals surface area contributed by atoms with E-state index in [-0.39, 0.29) is 23.9 Å². The van der Waals surface area contributed by atoms with Crippen LogP contribution in [0.4, 0.5) is 5.82 Å². The molecule has 40 heavy (non-hydrogen) atoms. The minimum atomic E-state index is -0.564. The molecule has 0 aliphatic heterocycles. The molecule has 2 aromatic carbocycles. The average Bonchev–Trinajstić information content (AvgIpc) is 3.56. The van der Waals surface area contributed by atoms with E-state index < -0.39 is 5.91 Å². The summed E-state index contributed by atoms with van der Waals surface area (Å²) in [4.78, 5) is 15.1. The second kappa shape index (κ2) is 13.4. The summed E-state index contributed by atoms with van der Waals surface area (Å²) in [6.45, 7) is 6.11. The lowest BCUT2D eigenvalue weighted by Gasteiger charge is -2.18. The zero-order valence-corrected chi connectivity index (χ0v) is 24.3. The Labute approximate surface area is 243 Å². The fourth-order valence-corrected chi connectivity index (χ4v) is 4.49. The van der Waals surface area contributed by atoms with Gasteiger partial charge in [0.25, 0.3) is 5.91 Å². The second-order valence-corrected chi connectivity index (χ2v) is 9.61. The highest BCUT2D eigenvalue weighted by atomic mass is 79.9. The number of ether oxygens (including phenoxy) is 2. The van der Waals surface area contributed by atoms with Crippen LogP contribution in [0.2, 0.25) is 5.02 Å². The number of halogens is 2. The lowest BCUT2D eigenvalue weighted by molar-refractivity contribution is 0.0948. The molecule has 13 nitrogen and oxygen atoms in total. The number of anilines is 1. The van der Waals surface area contributed by atoms with Crippen molar-refractivity contribution < 1.29 is 18.9 Å². The van der Waals surface area contributed by atoms with Crippen molar-refractivity contribution in [3.8, 4) is 17.3 Å². The summed E-state index contributed by atoms with van der Waals surface area (Å²) < 4.78 is 18.2. The van der Waals surface area contributed by atoms with Crippen LogP contribution in [-0.4, -0.2) is 62.5 Å². The third-order valence-electron chi connectivity index (χ3n) is 5.90. The van der Waals surface area contributed by atoms with Crippen molar-refractivity contribution in [1.82, 2.24) is 35.6 Å². The van der Waals surface area contributed by atoms with E-state index in [1.54, 1.807) is 18.2 Å². The molecule has 2 heterocycles. The number of amides is 1. The van der Waals surface area contributed by atoms with Gasteiger partial charge >= 0.3 is 0 Å². The van der Waals surface area contributed by atoms with Gasteiger partial charge in [-0.05, 0) is 63.1 Å². The van der Waals surface area contributed by atoms with E-state index in [1.165, 1.54) is 18.0 Å². The van der Waals surface area contributed by atoms with Crippen LogP contribution in [0.25, 0.3) is 5.82 Å². The van der Waals surface area contributed by atoms with E-state index in [0.717, 1.165) is 18.7 Å². The Hall–Kier alpha value is -4.01. The summed E-state index contributed by atoms with van der Waals surface area (Å²) in [6, 6.07) is 10.9. The molecule has 210 valence electrons. The van der Waals surface area contributed by atoms with Gasteiger partial charge in [0.1, 0.15) is 6.61 Å². The minimum absolute atomic E-state index is 0.0227. The summed E-state index contributed by atoms with van der Waals surface area (Å²) in [5.41, 5.74) is 10.3. The predicted octanol–water partition coefficient (Wildman–Crippen LogP) is 3.84. The van der Waals surface area contributed by atoms with Gasteiger partial charge < -0.3 is 15.2 Å². The van der Waals surface area contributed by atoms with Crippen molar-refractivity contribution >= 4 is 45.5 Å². The third-order valence-corrected chi connectivity index (χ3v) is 6.86.